The second-order valence-electron chi connectivity index (χ2n) is 7.12. The van der Waals surface area contributed by atoms with Crippen LogP contribution in [0.2, 0.25) is 0 Å². The van der Waals surface area contributed by atoms with Gasteiger partial charge in [-0.05, 0) is 38.3 Å². The van der Waals surface area contributed by atoms with Gasteiger partial charge in [0.15, 0.2) is 0 Å². The van der Waals surface area contributed by atoms with E-state index in [2.05, 4.69) is 4.98 Å². The van der Waals surface area contributed by atoms with E-state index >= 15 is 0 Å². The SMILES string of the molecule is Cc1ccccc1-c1nc(C[S@](=O)CC(=O)N2CCC(C(N)=O)CC2)c(C)o1. The Hall–Kier alpha value is -2.48. The number of hydrogen-bond acceptors (Lipinski definition) is 5. The Balaban J connectivity index is 1.59. The van der Waals surface area contributed by atoms with Gasteiger partial charge in [-0.15, -0.1) is 0 Å². The first-order valence-electron chi connectivity index (χ1n) is 9.29. The average Bonchev–Trinajstić information content (AvgIpc) is 3.02. The highest BCUT2D eigenvalue weighted by atomic mass is 32.2. The number of piperidine rings is 1. The van der Waals surface area contributed by atoms with E-state index in [0.717, 1.165) is 11.1 Å². The predicted molar refractivity (Wildman–Crippen MR) is 107 cm³/mol. The third-order valence-corrected chi connectivity index (χ3v) is 6.26. The van der Waals surface area contributed by atoms with Crippen LogP contribution in [0.25, 0.3) is 11.5 Å². The van der Waals surface area contributed by atoms with Crippen molar-refractivity contribution in [2.45, 2.75) is 32.4 Å². The van der Waals surface area contributed by atoms with E-state index in [-0.39, 0.29) is 29.2 Å². The summed E-state index contributed by atoms with van der Waals surface area (Å²) < 4.78 is 18.3. The lowest BCUT2D eigenvalue weighted by atomic mass is 9.96. The zero-order valence-electron chi connectivity index (χ0n) is 16.1. The van der Waals surface area contributed by atoms with Gasteiger partial charge in [0.05, 0.1) is 11.4 Å². The predicted octanol–water partition coefficient (Wildman–Crippen LogP) is 1.93. The summed E-state index contributed by atoms with van der Waals surface area (Å²) in [6, 6.07) is 7.77. The third-order valence-electron chi connectivity index (χ3n) is 5.10. The van der Waals surface area contributed by atoms with Crippen molar-refractivity contribution in [1.29, 1.82) is 0 Å². The summed E-state index contributed by atoms with van der Waals surface area (Å²) in [7, 11) is -1.38. The molecule has 28 heavy (non-hydrogen) atoms. The molecule has 1 aromatic heterocycles. The molecule has 0 radical (unpaired) electrons. The smallest absolute Gasteiger partial charge is 0.235 e. The molecule has 1 saturated heterocycles. The molecule has 1 atom stereocenters. The van der Waals surface area contributed by atoms with Crippen LogP contribution in [0.3, 0.4) is 0 Å². The number of amides is 2. The molecule has 2 heterocycles. The summed E-state index contributed by atoms with van der Waals surface area (Å²) in [5.41, 5.74) is 7.87. The number of hydrogen-bond donors (Lipinski definition) is 1. The van der Waals surface area contributed by atoms with Crippen LogP contribution in [0.15, 0.2) is 28.7 Å². The monoisotopic (exact) mass is 403 g/mol. The molecular weight excluding hydrogens is 378 g/mol. The van der Waals surface area contributed by atoms with Gasteiger partial charge in [-0.3, -0.25) is 13.8 Å². The normalized spacial score (nSPS) is 16.1. The molecule has 0 spiro atoms. The van der Waals surface area contributed by atoms with E-state index in [0.29, 0.717) is 43.3 Å². The Bertz CT molecular complexity index is 901. The van der Waals surface area contributed by atoms with Crippen molar-refractivity contribution in [2.24, 2.45) is 11.7 Å². The maximum Gasteiger partial charge on any atom is 0.235 e. The summed E-state index contributed by atoms with van der Waals surface area (Å²) >= 11 is 0. The molecule has 1 fully saturated rings. The van der Waals surface area contributed by atoms with Gasteiger partial charge in [-0.2, -0.15) is 0 Å². The lowest BCUT2D eigenvalue weighted by Gasteiger charge is -2.30. The number of aryl methyl sites for hydroxylation is 2. The number of benzene rings is 1. The number of rotatable bonds is 6. The van der Waals surface area contributed by atoms with Gasteiger partial charge in [-0.25, -0.2) is 4.98 Å². The summed E-state index contributed by atoms with van der Waals surface area (Å²) in [6.07, 6.45) is 1.13. The second kappa shape index (κ2) is 8.68. The van der Waals surface area contributed by atoms with Crippen LogP contribution in [-0.4, -0.2) is 44.7 Å². The number of nitrogens with zero attached hydrogens (tertiary/aromatic N) is 2. The van der Waals surface area contributed by atoms with Gasteiger partial charge in [0, 0.05) is 35.4 Å². The minimum atomic E-state index is -1.38. The van der Waals surface area contributed by atoms with Crippen LogP contribution in [-0.2, 0) is 26.1 Å². The first kappa shape index (κ1) is 20.3. The lowest BCUT2D eigenvalue weighted by molar-refractivity contribution is -0.132. The number of nitrogens with two attached hydrogens (primary N) is 1. The average molecular weight is 404 g/mol. The summed E-state index contributed by atoms with van der Waals surface area (Å²) in [5, 5.41) is 0. The minimum absolute atomic E-state index is 0.0623. The Morgan fingerprint density at radius 3 is 2.57 bits per heavy atom. The highest BCUT2D eigenvalue weighted by molar-refractivity contribution is 7.84. The number of aromatic nitrogens is 1. The largest absolute Gasteiger partial charge is 0.441 e. The number of primary amides is 1. The van der Waals surface area contributed by atoms with Crippen LogP contribution in [0.4, 0.5) is 0 Å². The van der Waals surface area contributed by atoms with Crippen LogP contribution in [0, 0.1) is 19.8 Å². The molecule has 0 bridgehead atoms. The molecule has 0 aliphatic carbocycles. The zero-order chi connectivity index (χ0) is 20.3. The summed E-state index contributed by atoms with van der Waals surface area (Å²) in [4.78, 5) is 29.8. The van der Waals surface area contributed by atoms with E-state index in [9.17, 15) is 13.8 Å². The highest BCUT2D eigenvalue weighted by Gasteiger charge is 2.27. The van der Waals surface area contributed by atoms with Crippen LogP contribution < -0.4 is 5.73 Å². The third kappa shape index (κ3) is 4.67. The van der Waals surface area contributed by atoms with E-state index in [1.807, 2.05) is 31.2 Å². The van der Waals surface area contributed by atoms with Crippen molar-refractivity contribution in [2.75, 3.05) is 18.8 Å². The van der Waals surface area contributed by atoms with E-state index in [1.54, 1.807) is 11.8 Å². The zero-order valence-corrected chi connectivity index (χ0v) is 17.0. The van der Waals surface area contributed by atoms with Crippen molar-refractivity contribution in [3.05, 3.63) is 41.3 Å². The number of carbonyl (C=O) groups excluding carboxylic acids is 2. The van der Waals surface area contributed by atoms with Gasteiger partial charge in [0.2, 0.25) is 17.7 Å². The van der Waals surface area contributed by atoms with Crippen LogP contribution in [0.5, 0.6) is 0 Å². The highest BCUT2D eigenvalue weighted by Crippen LogP contribution is 2.25. The molecular formula is C20H25N3O4S. The molecule has 0 unspecified atom stereocenters. The van der Waals surface area contributed by atoms with Gasteiger partial charge < -0.3 is 15.1 Å². The van der Waals surface area contributed by atoms with Crippen molar-refractivity contribution in [1.82, 2.24) is 9.88 Å². The van der Waals surface area contributed by atoms with Crippen molar-refractivity contribution in [3.8, 4) is 11.5 Å². The molecule has 2 aromatic rings. The maximum absolute atomic E-state index is 12.5. The fourth-order valence-corrected chi connectivity index (χ4v) is 4.47. The number of carbonyl (C=O) groups is 2. The fraction of sp³-hybridized carbons (Fsp3) is 0.450. The molecule has 3 rings (SSSR count). The maximum atomic E-state index is 12.5. The molecule has 1 aliphatic heterocycles. The van der Waals surface area contributed by atoms with E-state index in [4.69, 9.17) is 10.2 Å². The number of likely N-dealkylation sites (tertiary alicyclic amines) is 1. The standard InChI is InChI=1S/C20H25N3O4S/c1-13-5-3-4-6-16(13)20-22-17(14(2)27-20)11-28(26)12-18(24)23-9-7-15(8-10-23)19(21)25/h3-6,15H,7-12H2,1-2H3,(H2,21,25)/t28-/m0/s1. The minimum Gasteiger partial charge on any atom is -0.441 e. The van der Waals surface area contributed by atoms with Gasteiger partial charge >= 0.3 is 0 Å². The van der Waals surface area contributed by atoms with E-state index < -0.39 is 10.8 Å². The molecule has 8 heteroatoms. The fourth-order valence-electron chi connectivity index (χ4n) is 3.34. The summed E-state index contributed by atoms with van der Waals surface area (Å²) in [6.45, 7) is 4.72. The van der Waals surface area contributed by atoms with Gasteiger partial charge in [-0.1, -0.05) is 18.2 Å². The Morgan fingerprint density at radius 1 is 1.25 bits per heavy atom. The van der Waals surface area contributed by atoms with E-state index in [1.165, 1.54) is 0 Å². The molecule has 0 saturated carbocycles. The van der Waals surface area contributed by atoms with Crippen LogP contribution >= 0.6 is 0 Å². The quantitative estimate of drug-likeness (QED) is 0.793. The van der Waals surface area contributed by atoms with Crippen molar-refractivity contribution in [3.63, 3.8) is 0 Å². The molecule has 1 aliphatic rings. The Labute approximate surface area is 166 Å². The summed E-state index contributed by atoms with van der Waals surface area (Å²) in [5.74, 6) is 0.567. The topological polar surface area (TPSA) is 107 Å². The van der Waals surface area contributed by atoms with Gasteiger partial charge in [0.25, 0.3) is 0 Å². The number of oxazole rings is 1. The van der Waals surface area contributed by atoms with Crippen molar-refractivity contribution < 1.29 is 18.2 Å². The molecule has 2 amide bonds. The Morgan fingerprint density at radius 2 is 1.93 bits per heavy atom. The molecule has 1 aromatic carbocycles. The first-order valence-corrected chi connectivity index (χ1v) is 10.8. The first-order chi connectivity index (χ1) is 13.3. The second-order valence-corrected chi connectivity index (χ2v) is 8.58. The van der Waals surface area contributed by atoms with Crippen molar-refractivity contribution >= 4 is 22.6 Å². The Kier molecular flexibility index (Phi) is 6.28. The van der Waals surface area contributed by atoms with Gasteiger partial charge in [0.1, 0.15) is 11.5 Å². The van der Waals surface area contributed by atoms with Crippen LogP contribution in [0.1, 0.15) is 29.9 Å². The molecule has 150 valence electrons. The lowest BCUT2D eigenvalue weighted by Crippen LogP contribution is -2.43. The molecule has 7 nitrogen and oxygen atoms in total. The molecule has 2 N–H and O–H groups in total.